The summed E-state index contributed by atoms with van der Waals surface area (Å²) >= 11 is 0. The fourth-order valence-corrected chi connectivity index (χ4v) is 3.43. The topological polar surface area (TPSA) is 71.0 Å². The van der Waals surface area contributed by atoms with Gasteiger partial charge in [0.15, 0.2) is 6.61 Å². The van der Waals surface area contributed by atoms with Crippen molar-refractivity contribution < 1.29 is 14.4 Å². The van der Waals surface area contributed by atoms with Gasteiger partial charge >= 0.3 is 0 Å². The number of amides is 2. The molecule has 1 N–H and O–H groups in total. The Kier molecular flexibility index (Phi) is 5.30. The van der Waals surface area contributed by atoms with E-state index >= 15 is 0 Å². The van der Waals surface area contributed by atoms with Crippen molar-refractivity contribution in [2.75, 3.05) is 26.0 Å². The van der Waals surface area contributed by atoms with Crippen LogP contribution in [0, 0.1) is 0 Å². The molecule has 3 aromatic rings. The van der Waals surface area contributed by atoms with Crippen molar-refractivity contribution in [1.82, 2.24) is 4.90 Å². The summed E-state index contributed by atoms with van der Waals surface area (Å²) in [4.78, 5) is 31.2. The van der Waals surface area contributed by atoms with Gasteiger partial charge in [-0.15, -0.1) is 0 Å². The van der Waals surface area contributed by atoms with Crippen molar-refractivity contribution >= 4 is 23.2 Å². The molecule has 2 amide bonds. The van der Waals surface area contributed by atoms with Crippen LogP contribution in [-0.4, -0.2) is 43.1 Å². The summed E-state index contributed by atoms with van der Waals surface area (Å²) in [6.07, 6.45) is 0. The zero-order valence-electron chi connectivity index (χ0n) is 16.8. The van der Waals surface area contributed by atoms with Crippen LogP contribution in [0.3, 0.4) is 0 Å². The number of nitrogens with zero attached hydrogens (tertiary/aromatic N) is 2. The Morgan fingerprint density at radius 1 is 0.867 bits per heavy atom. The van der Waals surface area contributed by atoms with Crippen molar-refractivity contribution in [3.63, 3.8) is 0 Å². The number of carbonyl (C=O) groups is 2. The maximum atomic E-state index is 12.3. The summed E-state index contributed by atoms with van der Waals surface area (Å²) in [6, 6.07) is 22.7. The lowest BCUT2D eigenvalue weighted by Gasteiger charge is -2.11. The van der Waals surface area contributed by atoms with Gasteiger partial charge in [-0.2, -0.15) is 0 Å². The fourth-order valence-electron chi connectivity index (χ4n) is 3.43. The number of oxime groups is 1. The van der Waals surface area contributed by atoms with Crippen LogP contribution in [0.5, 0.6) is 0 Å². The lowest BCUT2D eigenvalue weighted by molar-refractivity contribution is -0.120. The number of rotatable bonds is 5. The molecule has 0 heterocycles. The molecular weight excluding hydrogens is 378 g/mol. The van der Waals surface area contributed by atoms with Crippen molar-refractivity contribution in [1.29, 1.82) is 0 Å². The van der Waals surface area contributed by atoms with E-state index in [0.29, 0.717) is 17.0 Å². The Balaban J connectivity index is 1.45. The summed E-state index contributed by atoms with van der Waals surface area (Å²) in [5.41, 5.74) is 5.90. The molecule has 6 nitrogen and oxygen atoms in total. The molecule has 3 aromatic carbocycles. The largest absolute Gasteiger partial charge is 0.385 e. The predicted molar refractivity (Wildman–Crippen MR) is 117 cm³/mol. The molecule has 0 aliphatic heterocycles. The second kappa shape index (κ2) is 8.21. The molecular formula is C24H21N3O3. The Morgan fingerprint density at radius 3 is 2.07 bits per heavy atom. The summed E-state index contributed by atoms with van der Waals surface area (Å²) in [5.74, 6) is -0.485. The molecule has 0 bridgehead atoms. The van der Waals surface area contributed by atoms with E-state index in [-0.39, 0.29) is 18.4 Å². The molecule has 0 unspecified atom stereocenters. The molecule has 0 atom stereocenters. The van der Waals surface area contributed by atoms with Gasteiger partial charge in [-0.25, -0.2) is 0 Å². The molecule has 0 fully saturated rings. The molecule has 0 saturated heterocycles. The lowest BCUT2D eigenvalue weighted by atomic mass is 10.1. The quantitative estimate of drug-likeness (QED) is 0.519. The van der Waals surface area contributed by atoms with E-state index in [1.807, 2.05) is 48.5 Å². The number of carbonyl (C=O) groups excluding carboxylic acids is 2. The van der Waals surface area contributed by atoms with Crippen molar-refractivity contribution in [3.8, 4) is 11.1 Å². The summed E-state index contributed by atoms with van der Waals surface area (Å²) in [7, 11) is 3.36. The average Bonchev–Trinajstić information content (AvgIpc) is 3.07. The first-order valence-corrected chi connectivity index (χ1v) is 9.55. The van der Waals surface area contributed by atoms with Gasteiger partial charge in [-0.05, 0) is 29.3 Å². The van der Waals surface area contributed by atoms with Crippen LogP contribution in [-0.2, 0) is 9.63 Å². The maximum Gasteiger partial charge on any atom is 0.265 e. The van der Waals surface area contributed by atoms with Crippen LogP contribution in [0.25, 0.3) is 11.1 Å². The highest BCUT2D eigenvalue weighted by atomic mass is 16.6. The monoisotopic (exact) mass is 399 g/mol. The van der Waals surface area contributed by atoms with E-state index in [2.05, 4.69) is 10.5 Å². The Morgan fingerprint density at radius 2 is 1.47 bits per heavy atom. The lowest BCUT2D eigenvalue weighted by Crippen LogP contribution is -2.22. The number of anilines is 1. The zero-order chi connectivity index (χ0) is 21.1. The first-order chi connectivity index (χ1) is 14.5. The van der Waals surface area contributed by atoms with Crippen molar-refractivity contribution in [3.05, 3.63) is 89.5 Å². The third kappa shape index (κ3) is 3.80. The number of hydrogen-bond donors (Lipinski definition) is 1. The van der Waals surface area contributed by atoms with Gasteiger partial charge in [0, 0.05) is 36.5 Å². The van der Waals surface area contributed by atoms with E-state index in [1.165, 1.54) is 4.90 Å². The Bertz CT molecular complexity index is 1100. The molecule has 0 radical (unpaired) electrons. The minimum absolute atomic E-state index is 0.132. The molecule has 150 valence electrons. The van der Waals surface area contributed by atoms with E-state index in [4.69, 9.17) is 4.84 Å². The van der Waals surface area contributed by atoms with E-state index in [0.717, 1.165) is 22.3 Å². The SMILES string of the molecule is CN(C)C(=O)c1cccc(NC(=O)CON=C2c3ccccc3-c3ccccc32)c1. The van der Waals surface area contributed by atoms with E-state index in [9.17, 15) is 9.59 Å². The average molecular weight is 399 g/mol. The molecule has 0 spiro atoms. The van der Waals surface area contributed by atoms with Crippen molar-refractivity contribution in [2.45, 2.75) is 0 Å². The number of fused-ring (bicyclic) bond motifs is 3. The van der Waals surface area contributed by atoms with E-state index < -0.39 is 0 Å². The zero-order valence-corrected chi connectivity index (χ0v) is 16.8. The molecule has 1 aliphatic rings. The molecule has 0 saturated carbocycles. The molecule has 4 rings (SSSR count). The number of hydrogen-bond acceptors (Lipinski definition) is 4. The molecule has 1 aliphatic carbocycles. The standard InChI is InChI=1S/C24H21N3O3/c1-27(2)24(29)16-8-7-9-17(14-16)25-22(28)15-30-26-23-20-12-5-3-10-18(20)19-11-4-6-13-21(19)23/h3-14H,15H2,1-2H3,(H,25,28). The van der Waals surface area contributed by atoms with Crippen LogP contribution in [0.15, 0.2) is 78.0 Å². The van der Waals surface area contributed by atoms with Gasteiger partial charge in [-0.3, -0.25) is 9.59 Å². The summed E-state index contributed by atoms with van der Waals surface area (Å²) in [6.45, 7) is -0.236. The predicted octanol–water partition coefficient (Wildman–Crippen LogP) is 3.78. The summed E-state index contributed by atoms with van der Waals surface area (Å²) in [5, 5.41) is 6.99. The molecule has 6 heteroatoms. The number of benzene rings is 3. The highest BCUT2D eigenvalue weighted by molar-refractivity contribution is 6.24. The van der Waals surface area contributed by atoms with Crippen LogP contribution in [0.2, 0.25) is 0 Å². The van der Waals surface area contributed by atoms with Crippen LogP contribution in [0.4, 0.5) is 5.69 Å². The van der Waals surface area contributed by atoms with Crippen LogP contribution in [0.1, 0.15) is 21.5 Å². The third-order valence-electron chi connectivity index (χ3n) is 4.81. The van der Waals surface area contributed by atoms with Crippen LogP contribution >= 0.6 is 0 Å². The highest BCUT2D eigenvalue weighted by Crippen LogP contribution is 2.36. The molecule has 30 heavy (non-hydrogen) atoms. The molecule has 0 aromatic heterocycles. The van der Waals surface area contributed by atoms with Gasteiger partial charge in [0.25, 0.3) is 11.8 Å². The first-order valence-electron chi connectivity index (χ1n) is 9.55. The first kappa shape index (κ1) is 19.4. The number of nitrogens with one attached hydrogen (secondary N) is 1. The van der Waals surface area contributed by atoms with Crippen molar-refractivity contribution in [2.24, 2.45) is 5.16 Å². The van der Waals surface area contributed by atoms with Gasteiger partial charge in [-0.1, -0.05) is 59.8 Å². The minimum Gasteiger partial charge on any atom is -0.385 e. The second-order valence-corrected chi connectivity index (χ2v) is 7.13. The second-order valence-electron chi connectivity index (χ2n) is 7.13. The van der Waals surface area contributed by atoms with Gasteiger partial charge in [0.2, 0.25) is 0 Å². The maximum absolute atomic E-state index is 12.3. The summed E-state index contributed by atoms with van der Waals surface area (Å²) < 4.78 is 0. The fraction of sp³-hybridized carbons (Fsp3) is 0.125. The van der Waals surface area contributed by atoms with Gasteiger partial charge in [0.05, 0.1) is 0 Å². The van der Waals surface area contributed by atoms with Crippen LogP contribution < -0.4 is 5.32 Å². The Labute approximate surface area is 174 Å². The normalized spacial score (nSPS) is 11.3. The Hall–Kier alpha value is -3.93. The smallest absolute Gasteiger partial charge is 0.265 e. The van der Waals surface area contributed by atoms with E-state index in [1.54, 1.807) is 38.4 Å². The minimum atomic E-state index is -0.353. The van der Waals surface area contributed by atoms with Gasteiger partial charge in [0.1, 0.15) is 5.71 Å². The van der Waals surface area contributed by atoms with Gasteiger partial charge < -0.3 is 15.1 Å². The third-order valence-corrected chi connectivity index (χ3v) is 4.81. The highest BCUT2D eigenvalue weighted by Gasteiger charge is 2.24.